The molecule has 0 radical (unpaired) electrons. The van der Waals surface area contributed by atoms with Crippen LogP contribution in [0.5, 0.6) is 0 Å². The summed E-state index contributed by atoms with van der Waals surface area (Å²) >= 11 is 3.96. The Labute approximate surface area is 188 Å². The Morgan fingerprint density at radius 3 is 2.66 bits per heavy atom. The number of nitrogens with zero attached hydrogens (tertiary/aromatic N) is 2. The first kappa shape index (κ1) is 21.0. The fraction of sp³-hybridized carbons (Fsp3) is 0.600. The van der Waals surface area contributed by atoms with Gasteiger partial charge in [-0.2, -0.15) is 0 Å². The van der Waals surface area contributed by atoms with Crippen molar-refractivity contribution in [2.75, 3.05) is 40.0 Å². The van der Waals surface area contributed by atoms with Gasteiger partial charge < -0.3 is 24.1 Å². The Morgan fingerprint density at radius 1 is 1.24 bits per heavy atom. The van der Waals surface area contributed by atoms with Crippen LogP contribution in [0.1, 0.15) is 49.1 Å². The molecule has 4 rings (SSSR count). The first-order valence-electron chi connectivity index (χ1n) is 10.0. The van der Waals surface area contributed by atoms with Gasteiger partial charge in [-0.1, -0.05) is 0 Å². The second kappa shape index (κ2) is 9.74. The van der Waals surface area contributed by atoms with Crippen LogP contribution in [0.15, 0.2) is 30.3 Å². The number of amides is 1. The fourth-order valence-electron chi connectivity index (χ4n) is 3.87. The first-order valence-corrected chi connectivity index (χ1v) is 11.9. The lowest BCUT2D eigenvalue weighted by Gasteiger charge is -2.30. The Hall–Kier alpha value is -1.20. The highest BCUT2D eigenvalue weighted by atomic mass is 127. The minimum Gasteiger partial charge on any atom is -0.453 e. The molecular formula is C20H26IN3O4S. The molecule has 1 aromatic heterocycles. The summed E-state index contributed by atoms with van der Waals surface area (Å²) in [5.74, 6) is 1.44. The van der Waals surface area contributed by atoms with E-state index in [1.54, 1.807) is 16.7 Å². The number of oxazole rings is 1. The molecule has 0 aromatic carbocycles. The van der Waals surface area contributed by atoms with E-state index in [0.29, 0.717) is 19.0 Å². The Morgan fingerprint density at radius 2 is 2.00 bits per heavy atom. The van der Waals surface area contributed by atoms with Crippen molar-refractivity contribution in [3.63, 3.8) is 0 Å². The molecule has 9 heteroatoms. The van der Waals surface area contributed by atoms with Crippen molar-refractivity contribution in [3.8, 4) is 0 Å². The molecule has 158 valence electrons. The first-order chi connectivity index (χ1) is 14.1. The Balaban J connectivity index is 1.54. The number of allylic oxidation sites excluding steroid dienone is 2. The predicted molar refractivity (Wildman–Crippen MR) is 119 cm³/mol. The Kier molecular flexibility index (Phi) is 7.07. The minimum atomic E-state index is -0.251. The molecule has 29 heavy (non-hydrogen) atoms. The number of thioether (sulfide) groups is 1. The maximum Gasteiger partial charge on any atom is 0.409 e. The fourth-order valence-corrected chi connectivity index (χ4v) is 5.17. The third kappa shape index (κ3) is 5.11. The largest absolute Gasteiger partial charge is 0.453 e. The maximum absolute atomic E-state index is 11.8. The zero-order chi connectivity index (χ0) is 20.2. The molecule has 4 heterocycles. The van der Waals surface area contributed by atoms with Crippen LogP contribution in [0.4, 0.5) is 4.79 Å². The van der Waals surface area contributed by atoms with E-state index < -0.39 is 0 Å². The van der Waals surface area contributed by atoms with Gasteiger partial charge in [0.2, 0.25) is 0 Å². The van der Waals surface area contributed by atoms with Crippen molar-refractivity contribution < 1.29 is 18.7 Å². The van der Waals surface area contributed by atoms with Crippen molar-refractivity contribution in [1.82, 2.24) is 15.2 Å². The van der Waals surface area contributed by atoms with Crippen LogP contribution in [0.3, 0.4) is 0 Å². The van der Waals surface area contributed by atoms with E-state index in [-0.39, 0.29) is 12.0 Å². The molecule has 0 aliphatic carbocycles. The SMILES string of the molecule is COC(=O)N1CCC(c2nc(C3CCOCC3)oc2SC2=CC=C(I)CN2)CC1. The van der Waals surface area contributed by atoms with Crippen LogP contribution in [-0.4, -0.2) is 55.9 Å². The molecule has 0 unspecified atom stereocenters. The number of hydrogen-bond acceptors (Lipinski definition) is 7. The van der Waals surface area contributed by atoms with Crippen molar-refractivity contribution >= 4 is 40.4 Å². The predicted octanol–water partition coefficient (Wildman–Crippen LogP) is 4.37. The van der Waals surface area contributed by atoms with Gasteiger partial charge in [-0.05, 0) is 72.2 Å². The molecule has 0 bridgehead atoms. The number of halogens is 1. The molecule has 3 aliphatic rings. The highest BCUT2D eigenvalue weighted by Gasteiger charge is 2.31. The molecule has 0 saturated carbocycles. The number of likely N-dealkylation sites (tertiary alicyclic amines) is 1. The van der Waals surface area contributed by atoms with Crippen LogP contribution >= 0.6 is 34.4 Å². The summed E-state index contributed by atoms with van der Waals surface area (Å²) in [5, 5.41) is 5.40. The van der Waals surface area contributed by atoms with E-state index in [9.17, 15) is 4.79 Å². The summed E-state index contributed by atoms with van der Waals surface area (Å²) in [4.78, 5) is 18.6. The second-order valence-corrected chi connectivity index (χ2v) is 9.84. The molecule has 2 saturated heterocycles. The van der Waals surface area contributed by atoms with Gasteiger partial charge in [0.1, 0.15) is 0 Å². The standard InChI is InChI=1S/C20H26IN3O4S/c1-26-20(25)24-8-4-13(5-9-24)17-19(29-16-3-2-15(21)12-22-16)28-18(23-17)14-6-10-27-11-7-14/h2-3,13-14,22H,4-12H2,1H3. The number of aromatic nitrogens is 1. The van der Waals surface area contributed by atoms with Crippen LogP contribution in [0.2, 0.25) is 0 Å². The Bertz CT molecular complexity index is 796. The summed E-state index contributed by atoms with van der Waals surface area (Å²) in [6, 6.07) is 0. The average Bonchev–Trinajstić information content (AvgIpc) is 3.19. The summed E-state index contributed by atoms with van der Waals surface area (Å²) in [7, 11) is 1.43. The highest BCUT2D eigenvalue weighted by Crippen LogP contribution is 2.40. The number of dihydropyridines is 1. The van der Waals surface area contributed by atoms with Crippen LogP contribution in [0, 0.1) is 0 Å². The third-order valence-electron chi connectivity index (χ3n) is 5.57. The van der Waals surface area contributed by atoms with Gasteiger partial charge in [0, 0.05) is 48.3 Å². The van der Waals surface area contributed by atoms with E-state index in [1.165, 1.54) is 10.7 Å². The number of piperidine rings is 1. The van der Waals surface area contributed by atoms with Crippen molar-refractivity contribution in [3.05, 3.63) is 32.3 Å². The lowest BCUT2D eigenvalue weighted by Crippen LogP contribution is -2.37. The number of carbonyl (C=O) groups is 1. The van der Waals surface area contributed by atoms with E-state index in [4.69, 9.17) is 18.9 Å². The van der Waals surface area contributed by atoms with E-state index >= 15 is 0 Å². The normalized spacial score (nSPS) is 21.4. The van der Waals surface area contributed by atoms with Crippen LogP contribution < -0.4 is 5.32 Å². The topological polar surface area (TPSA) is 76.8 Å². The average molecular weight is 531 g/mol. The molecule has 0 atom stereocenters. The van der Waals surface area contributed by atoms with E-state index in [1.807, 2.05) is 0 Å². The number of carbonyl (C=O) groups excluding carboxylic acids is 1. The second-order valence-electron chi connectivity index (χ2n) is 7.44. The van der Waals surface area contributed by atoms with Crippen molar-refractivity contribution in [2.24, 2.45) is 0 Å². The molecule has 3 aliphatic heterocycles. The van der Waals surface area contributed by atoms with Gasteiger partial charge in [0.05, 0.1) is 17.8 Å². The van der Waals surface area contributed by atoms with Gasteiger partial charge in [-0.3, -0.25) is 0 Å². The molecule has 1 aromatic rings. The number of ether oxygens (including phenoxy) is 2. The van der Waals surface area contributed by atoms with Crippen LogP contribution in [-0.2, 0) is 9.47 Å². The summed E-state index contributed by atoms with van der Waals surface area (Å²) in [5.41, 5.74) is 1.04. The monoisotopic (exact) mass is 531 g/mol. The molecular weight excluding hydrogens is 505 g/mol. The number of rotatable bonds is 4. The maximum atomic E-state index is 11.8. The highest BCUT2D eigenvalue weighted by molar-refractivity contribution is 14.1. The van der Waals surface area contributed by atoms with Crippen molar-refractivity contribution in [1.29, 1.82) is 0 Å². The number of nitrogens with one attached hydrogen (secondary N) is 1. The van der Waals surface area contributed by atoms with E-state index in [0.717, 1.165) is 67.1 Å². The van der Waals surface area contributed by atoms with E-state index in [2.05, 4.69) is 40.1 Å². The molecule has 7 nitrogen and oxygen atoms in total. The van der Waals surface area contributed by atoms with Crippen LogP contribution in [0.25, 0.3) is 0 Å². The van der Waals surface area contributed by atoms with Gasteiger partial charge in [-0.25, -0.2) is 9.78 Å². The number of methoxy groups -OCH3 is 1. The summed E-state index contributed by atoms with van der Waals surface area (Å²) < 4.78 is 18.0. The lowest BCUT2D eigenvalue weighted by molar-refractivity contribution is 0.0786. The van der Waals surface area contributed by atoms with Gasteiger partial charge >= 0.3 is 6.09 Å². The molecule has 2 fully saturated rings. The quantitative estimate of drug-likeness (QED) is 0.579. The summed E-state index contributed by atoms with van der Waals surface area (Å²) in [6.07, 6.45) is 7.61. The molecule has 1 N–H and O–H groups in total. The summed E-state index contributed by atoms with van der Waals surface area (Å²) in [6.45, 7) is 3.73. The zero-order valence-electron chi connectivity index (χ0n) is 16.5. The van der Waals surface area contributed by atoms with Gasteiger partial charge in [0.15, 0.2) is 11.0 Å². The van der Waals surface area contributed by atoms with Gasteiger partial charge in [-0.15, -0.1) is 0 Å². The molecule has 0 spiro atoms. The van der Waals surface area contributed by atoms with Crippen molar-refractivity contribution in [2.45, 2.75) is 42.6 Å². The third-order valence-corrected chi connectivity index (χ3v) is 7.29. The zero-order valence-corrected chi connectivity index (χ0v) is 19.5. The molecule has 1 amide bonds. The van der Waals surface area contributed by atoms with Gasteiger partial charge in [0.25, 0.3) is 0 Å². The lowest BCUT2D eigenvalue weighted by atomic mass is 9.94. The minimum absolute atomic E-state index is 0.251. The number of hydrogen-bond donors (Lipinski definition) is 1. The smallest absolute Gasteiger partial charge is 0.409 e.